The Hall–Kier alpha value is -3.99. The van der Waals surface area contributed by atoms with E-state index in [9.17, 15) is 13.2 Å². The van der Waals surface area contributed by atoms with E-state index in [0.29, 0.717) is 23.6 Å². The van der Waals surface area contributed by atoms with Crippen molar-refractivity contribution < 1.29 is 17.9 Å². The van der Waals surface area contributed by atoms with Gasteiger partial charge in [0.2, 0.25) is 0 Å². The number of rotatable bonds is 5. The van der Waals surface area contributed by atoms with E-state index in [-0.39, 0.29) is 23.0 Å². The van der Waals surface area contributed by atoms with Gasteiger partial charge in [-0.25, -0.2) is 18.4 Å². The molecule has 1 aromatic carbocycles. The van der Waals surface area contributed by atoms with Gasteiger partial charge >= 0.3 is 0 Å². The minimum atomic E-state index is -3.68. The summed E-state index contributed by atoms with van der Waals surface area (Å²) in [6.07, 6.45) is 7.23. The quantitative estimate of drug-likeness (QED) is 0.615. The molecule has 11 heteroatoms. The Kier molecular flexibility index (Phi) is 5.50. The minimum Gasteiger partial charge on any atom is -0.498 e. The Labute approximate surface area is 178 Å². The summed E-state index contributed by atoms with van der Waals surface area (Å²) < 4.78 is 31.7. The van der Waals surface area contributed by atoms with Gasteiger partial charge in [0.25, 0.3) is 15.9 Å². The van der Waals surface area contributed by atoms with Crippen LogP contribution in [0.3, 0.4) is 0 Å². The molecule has 3 N–H and O–H groups in total. The van der Waals surface area contributed by atoms with Crippen LogP contribution in [0.5, 0.6) is 0 Å². The number of carbonyl (C=O) groups is 1. The molecule has 31 heavy (non-hydrogen) atoms. The summed E-state index contributed by atoms with van der Waals surface area (Å²) in [5, 5.41) is 2.66. The fourth-order valence-electron chi connectivity index (χ4n) is 2.86. The van der Waals surface area contributed by atoms with Crippen molar-refractivity contribution in [3.8, 4) is 11.3 Å². The maximum atomic E-state index is 12.7. The van der Waals surface area contributed by atoms with Crippen LogP contribution in [0.4, 0.5) is 11.5 Å². The molecule has 2 aromatic heterocycles. The van der Waals surface area contributed by atoms with Gasteiger partial charge in [0.05, 0.1) is 47.7 Å². The van der Waals surface area contributed by atoms with Crippen LogP contribution in [0.1, 0.15) is 10.5 Å². The molecule has 10 nitrogen and oxygen atoms in total. The van der Waals surface area contributed by atoms with E-state index in [1.807, 2.05) is 0 Å². The Bertz CT molecular complexity index is 1230. The molecule has 0 spiro atoms. The van der Waals surface area contributed by atoms with E-state index in [1.165, 1.54) is 41.3 Å². The fraction of sp³-hybridized carbons (Fsp3) is 0.100. The van der Waals surface area contributed by atoms with Crippen LogP contribution in [-0.4, -0.2) is 46.7 Å². The van der Waals surface area contributed by atoms with Crippen LogP contribution in [0, 0.1) is 0 Å². The maximum Gasteiger partial charge on any atom is 0.278 e. The van der Waals surface area contributed by atoms with Crippen molar-refractivity contribution >= 4 is 27.4 Å². The molecule has 4 rings (SSSR count). The first kappa shape index (κ1) is 20.3. The predicted molar refractivity (Wildman–Crippen MR) is 113 cm³/mol. The van der Waals surface area contributed by atoms with E-state index in [0.717, 1.165) is 0 Å². The molecule has 0 radical (unpaired) electrons. The first-order valence-corrected chi connectivity index (χ1v) is 10.6. The second kappa shape index (κ2) is 8.40. The number of nitrogens with one attached hydrogen (secondary N) is 1. The topological polar surface area (TPSA) is 140 Å². The monoisotopic (exact) mass is 438 g/mol. The van der Waals surface area contributed by atoms with Crippen LogP contribution in [0.2, 0.25) is 0 Å². The average Bonchev–Trinajstić information content (AvgIpc) is 2.80. The smallest absolute Gasteiger partial charge is 0.278 e. The number of hydrogen-bond donors (Lipinski definition) is 2. The summed E-state index contributed by atoms with van der Waals surface area (Å²) in [7, 11) is -3.68. The molecule has 0 atom stereocenters. The second-order valence-electron chi connectivity index (χ2n) is 6.48. The normalized spacial score (nSPS) is 13.5. The van der Waals surface area contributed by atoms with Crippen molar-refractivity contribution in [1.29, 1.82) is 0 Å². The van der Waals surface area contributed by atoms with Crippen molar-refractivity contribution in [2.75, 3.05) is 24.2 Å². The number of amides is 1. The van der Waals surface area contributed by atoms with Gasteiger partial charge in [-0.3, -0.25) is 14.1 Å². The lowest BCUT2D eigenvalue weighted by Crippen LogP contribution is -2.31. The molecule has 3 aromatic rings. The lowest BCUT2D eigenvalue weighted by molar-refractivity contribution is 0.102. The van der Waals surface area contributed by atoms with Crippen molar-refractivity contribution in [2.45, 2.75) is 4.90 Å². The first-order valence-electron chi connectivity index (χ1n) is 9.19. The largest absolute Gasteiger partial charge is 0.498 e. The van der Waals surface area contributed by atoms with Crippen molar-refractivity contribution in [2.24, 2.45) is 0 Å². The van der Waals surface area contributed by atoms with Crippen LogP contribution < -0.4 is 11.1 Å². The molecule has 0 fully saturated rings. The molecule has 0 saturated carbocycles. The molecule has 0 aliphatic carbocycles. The van der Waals surface area contributed by atoms with Gasteiger partial charge < -0.3 is 15.8 Å². The van der Waals surface area contributed by atoms with Gasteiger partial charge in [0, 0.05) is 11.8 Å². The molecule has 1 aliphatic rings. The molecular formula is C20H18N6O4S. The third kappa shape index (κ3) is 4.31. The van der Waals surface area contributed by atoms with Crippen LogP contribution in [-0.2, 0) is 14.8 Å². The number of pyridine rings is 1. The summed E-state index contributed by atoms with van der Waals surface area (Å²) in [5.74, 6) is -0.554. The number of anilines is 2. The van der Waals surface area contributed by atoms with E-state index in [2.05, 4.69) is 20.3 Å². The summed E-state index contributed by atoms with van der Waals surface area (Å²) in [5.41, 5.74) is 7.24. The Morgan fingerprint density at radius 2 is 1.97 bits per heavy atom. The average molecular weight is 438 g/mol. The zero-order valence-corrected chi connectivity index (χ0v) is 17.0. The molecule has 0 saturated heterocycles. The Balaban J connectivity index is 1.59. The van der Waals surface area contributed by atoms with Crippen molar-refractivity contribution in [3.63, 3.8) is 0 Å². The second-order valence-corrected chi connectivity index (χ2v) is 8.37. The number of carbonyl (C=O) groups excluding carboxylic acids is 1. The van der Waals surface area contributed by atoms with Crippen molar-refractivity contribution in [1.82, 2.24) is 19.3 Å². The lowest BCUT2D eigenvalue weighted by atomic mass is 10.1. The molecule has 158 valence electrons. The van der Waals surface area contributed by atoms with Crippen molar-refractivity contribution in [3.05, 3.63) is 73.1 Å². The number of benzene rings is 1. The van der Waals surface area contributed by atoms with Gasteiger partial charge in [-0.1, -0.05) is 12.1 Å². The summed E-state index contributed by atoms with van der Waals surface area (Å²) in [4.78, 5) is 25.0. The van der Waals surface area contributed by atoms with Crippen LogP contribution in [0.25, 0.3) is 11.3 Å². The highest BCUT2D eigenvalue weighted by Crippen LogP contribution is 2.23. The Morgan fingerprint density at radius 3 is 2.65 bits per heavy atom. The predicted octanol–water partition coefficient (Wildman–Crippen LogP) is 1.87. The molecule has 0 bridgehead atoms. The fourth-order valence-corrected chi connectivity index (χ4v) is 4.14. The van der Waals surface area contributed by atoms with Gasteiger partial charge in [0.1, 0.15) is 6.61 Å². The summed E-state index contributed by atoms with van der Waals surface area (Å²) in [6, 6.07) is 9.51. The number of nitrogen functional groups attached to an aromatic ring is 1. The molecule has 1 amide bonds. The molecule has 0 unspecified atom stereocenters. The lowest BCUT2D eigenvalue weighted by Gasteiger charge is -2.23. The number of hydrogen-bond acceptors (Lipinski definition) is 8. The van der Waals surface area contributed by atoms with E-state index in [4.69, 9.17) is 10.5 Å². The van der Waals surface area contributed by atoms with Crippen LogP contribution >= 0.6 is 0 Å². The molecule has 1 aliphatic heterocycles. The zero-order valence-electron chi connectivity index (χ0n) is 16.2. The van der Waals surface area contributed by atoms with E-state index < -0.39 is 15.9 Å². The SMILES string of the molecule is Nc1ncc(-c2ccc(S(=O)(=O)N3C=COCC3)cc2)nc1C(=O)Nc1cccnc1. The number of aromatic nitrogens is 3. The maximum absolute atomic E-state index is 12.7. The minimum absolute atomic E-state index is 0.0246. The number of ether oxygens (including phenoxy) is 1. The van der Waals surface area contributed by atoms with E-state index >= 15 is 0 Å². The highest BCUT2D eigenvalue weighted by molar-refractivity contribution is 7.89. The van der Waals surface area contributed by atoms with E-state index in [1.54, 1.807) is 30.5 Å². The highest BCUT2D eigenvalue weighted by Gasteiger charge is 2.23. The van der Waals surface area contributed by atoms with Gasteiger partial charge in [-0.05, 0) is 24.3 Å². The molecule has 3 heterocycles. The van der Waals surface area contributed by atoms with Gasteiger partial charge in [0.15, 0.2) is 11.5 Å². The van der Waals surface area contributed by atoms with Crippen LogP contribution in [0.15, 0.2) is 72.3 Å². The third-order valence-corrected chi connectivity index (χ3v) is 6.23. The summed E-state index contributed by atoms with van der Waals surface area (Å²) >= 11 is 0. The highest BCUT2D eigenvalue weighted by atomic mass is 32.2. The molecular weight excluding hydrogens is 420 g/mol. The Morgan fingerprint density at radius 1 is 1.16 bits per heavy atom. The number of nitrogens with zero attached hydrogens (tertiary/aromatic N) is 4. The summed E-state index contributed by atoms with van der Waals surface area (Å²) in [6.45, 7) is 0.526. The number of nitrogens with two attached hydrogens (primary N) is 1. The van der Waals surface area contributed by atoms with Gasteiger partial charge in [-0.15, -0.1) is 0 Å². The third-order valence-electron chi connectivity index (χ3n) is 4.44. The standard InChI is InChI=1S/C20H18N6O4S/c21-19-18(20(27)24-15-2-1-7-22-12-15)25-17(13-23-19)14-3-5-16(6-4-14)31(28,29)26-8-10-30-11-9-26/h1-8,10,12-13H,9,11H2,(H2,21,23)(H,24,27). The first-order chi connectivity index (χ1) is 14.9. The zero-order chi connectivity index (χ0) is 21.8. The number of sulfonamides is 1. The van der Waals surface area contributed by atoms with Gasteiger partial charge in [-0.2, -0.15) is 0 Å².